The molecule has 0 radical (unpaired) electrons. The molecule has 0 fully saturated rings. The summed E-state index contributed by atoms with van der Waals surface area (Å²) in [7, 11) is 0. The number of nitrogens with one attached hydrogen (secondary N) is 1. The predicted octanol–water partition coefficient (Wildman–Crippen LogP) is 4.55. The van der Waals surface area contributed by atoms with Gasteiger partial charge in [-0.25, -0.2) is 4.98 Å². The molecule has 2 aromatic carbocycles. The standard InChI is InChI=1S/C16H17N3S/c1-9-7-10(2)14(11(3)8-9)19-16-18-13-6-4-5-12(17)15(13)20-16/h4-8H,17H2,1-3H3,(H,18,19). The van der Waals surface area contributed by atoms with Gasteiger partial charge in [0.2, 0.25) is 0 Å². The fourth-order valence-corrected chi connectivity index (χ4v) is 3.40. The summed E-state index contributed by atoms with van der Waals surface area (Å²) in [6.07, 6.45) is 0. The third kappa shape index (κ3) is 2.23. The first kappa shape index (κ1) is 12.9. The van der Waals surface area contributed by atoms with E-state index >= 15 is 0 Å². The number of rotatable bonds is 2. The molecule has 0 aliphatic carbocycles. The van der Waals surface area contributed by atoms with E-state index in [2.05, 4.69) is 43.2 Å². The van der Waals surface area contributed by atoms with Crippen LogP contribution in [-0.2, 0) is 0 Å². The number of anilines is 3. The summed E-state index contributed by atoms with van der Waals surface area (Å²) in [5, 5.41) is 4.32. The van der Waals surface area contributed by atoms with Crippen molar-refractivity contribution in [2.45, 2.75) is 20.8 Å². The van der Waals surface area contributed by atoms with Crippen molar-refractivity contribution in [1.29, 1.82) is 0 Å². The Kier molecular flexibility index (Phi) is 3.10. The molecule has 20 heavy (non-hydrogen) atoms. The normalized spacial score (nSPS) is 10.9. The van der Waals surface area contributed by atoms with Gasteiger partial charge in [-0.15, -0.1) is 0 Å². The number of hydrogen-bond donors (Lipinski definition) is 2. The Morgan fingerprint density at radius 3 is 2.45 bits per heavy atom. The average Bonchev–Trinajstić information content (AvgIpc) is 2.78. The van der Waals surface area contributed by atoms with Crippen molar-refractivity contribution >= 4 is 38.1 Å². The minimum absolute atomic E-state index is 0.783. The summed E-state index contributed by atoms with van der Waals surface area (Å²) in [5.74, 6) is 0. The van der Waals surface area contributed by atoms with E-state index in [4.69, 9.17) is 5.73 Å². The Labute approximate surface area is 122 Å². The summed E-state index contributed by atoms with van der Waals surface area (Å²) in [6.45, 7) is 6.34. The van der Waals surface area contributed by atoms with Gasteiger partial charge in [-0.1, -0.05) is 35.1 Å². The number of aryl methyl sites for hydroxylation is 3. The Balaban J connectivity index is 2.04. The molecule has 3 aromatic rings. The number of thiazole rings is 1. The smallest absolute Gasteiger partial charge is 0.188 e. The van der Waals surface area contributed by atoms with Crippen molar-refractivity contribution in [2.75, 3.05) is 11.1 Å². The van der Waals surface area contributed by atoms with E-state index in [0.29, 0.717) is 0 Å². The highest BCUT2D eigenvalue weighted by Crippen LogP contribution is 2.33. The van der Waals surface area contributed by atoms with E-state index in [9.17, 15) is 0 Å². The minimum atomic E-state index is 0.783. The van der Waals surface area contributed by atoms with Crippen LogP contribution < -0.4 is 11.1 Å². The van der Waals surface area contributed by atoms with E-state index in [1.165, 1.54) is 16.7 Å². The number of nitrogen functional groups attached to an aromatic ring is 1. The Hall–Kier alpha value is -2.07. The molecule has 0 unspecified atom stereocenters. The average molecular weight is 283 g/mol. The van der Waals surface area contributed by atoms with Crippen molar-refractivity contribution in [3.63, 3.8) is 0 Å². The highest BCUT2D eigenvalue weighted by atomic mass is 32.1. The fourth-order valence-electron chi connectivity index (χ4n) is 2.51. The highest BCUT2D eigenvalue weighted by molar-refractivity contribution is 7.22. The van der Waals surface area contributed by atoms with Crippen LogP contribution in [0.2, 0.25) is 0 Å². The second kappa shape index (κ2) is 4.80. The lowest BCUT2D eigenvalue weighted by atomic mass is 10.1. The maximum absolute atomic E-state index is 5.99. The Morgan fingerprint density at radius 2 is 1.80 bits per heavy atom. The van der Waals surface area contributed by atoms with Crippen LogP contribution >= 0.6 is 11.3 Å². The lowest BCUT2D eigenvalue weighted by molar-refractivity contribution is 1.30. The first-order chi connectivity index (χ1) is 9.54. The third-order valence-electron chi connectivity index (χ3n) is 3.35. The number of benzene rings is 2. The van der Waals surface area contributed by atoms with Crippen LogP contribution in [0.15, 0.2) is 30.3 Å². The molecule has 4 heteroatoms. The summed E-state index contributed by atoms with van der Waals surface area (Å²) in [5.41, 5.74) is 12.6. The zero-order valence-corrected chi connectivity index (χ0v) is 12.6. The molecule has 0 aliphatic rings. The number of fused-ring (bicyclic) bond motifs is 1. The van der Waals surface area contributed by atoms with Crippen LogP contribution in [0.5, 0.6) is 0 Å². The zero-order valence-electron chi connectivity index (χ0n) is 11.8. The van der Waals surface area contributed by atoms with E-state index in [0.717, 1.165) is 26.7 Å². The molecular formula is C16H17N3S. The predicted molar refractivity (Wildman–Crippen MR) is 88.0 cm³/mol. The van der Waals surface area contributed by atoms with Crippen molar-refractivity contribution in [3.05, 3.63) is 47.0 Å². The fraction of sp³-hybridized carbons (Fsp3) is 0.188. The molecule has 0 atom stereocenters. The first-order valence-corrected chi connectivity index (χ1v) is 7.36. The van der Waals surface area contributed by atoms with Crippen LogP contribution in [0.4, 0.5) is 16.5 Å². The van der Waals surface area contributed by atoms with Crippen LogP contribution in [0.3, 0.4) is 0 Å². The van der Waals surface area contributed by atoms with Crippen LogP contribution in [0, 0.1) is 20.8 Å². The van der Waals surface area contributed by atoms with E-state index in [-0.39, 0.29) is 0 Å². The maximum atomic E-state index is 5.99. The molecule has 3 N–H and O–H groups in total. The molecule has 0 bridgehead atoms. The second-order valence-corrected chi connectivity index (χ2v) is 6.11. The number of nitrogens with zero attached hydrogens (tertiary/aromatic N) is 1. The molecule has 3 rings (SSSR count). The maximum Gasteiger partial charge on any atom is 0.188 e. The van der Waals surface area contributed by atoms with Crippen molar-refractivity contribution in [2.24, 2.45) is 0 Å². The lowest BCUT2D eigenvalue weighted by Gasteiger charge is -2.11. The van der Waals surface area contributed by atoms with Crippen LogP contribution in [0.1, 0.15) is 16.7 Å². The van der Waals surface area contributed by atoms with Gasteiger partial charge < -0.3 is 11.1 Å². The molecule has 0 amide bonds. The molecule has 1 aromatic heterocycles. The third-order valence-corrected chi connectivity index (χ3v) is 4.39. The molecule has 3 nitrogen and oxygen atoms in total. The number of hydrogen-bond acceptors (Lipinski definition) is 4. The summed E-state index contributed by atoms with van der Waals surface area (Å²) < 4.78 is 1.04. The van der Waals surface area contributed by atoms with Gasteiger partial charge in [0.05, 0.1) is 15.9 Å². The van der Waals surface area contributed by atoms with E-state index < -0.39 is 0 Å². The minimum Gasteiger partial charge on any atom is -0.398 e. The van der Waals surface area contributed by atoms with Gasteiger partial charge in [0.15, 0.2) is 5.13 Å². The Bertz CT molecular complexity index is 767. The zero-order chi connectivity index (χ0) is 14.3. The van der Waals surface area contributed by atoms with Gasteiger partial charge in [0.1, 0.15) is 0 Å². The second-order valence-electron chi connectivity index (χ2n) is 5.11. The molecule has 0 saturated carbocycles. The lowest BCUT2D eigenvalue weighted by Crippen LogP contribution is -1.96. The number of nitrogens with two attached hydrogens (primary N) is 1. The molecule has 102 valence electrons. The van der Waals surface area contributed by atoms with Gasteiger partial charge in [-0.3, -0.25) is 0 Å². The van der Waals surface area contributed by atoms with E-state index in [1.807, 2.05) is 18.2 Å². The van der Waals surface area contributed by atoms with Gasteiger partial charge in [0.25, 0.3) is 0 Å². The van der Waals surface area contributed by atoms with Crippen molar-refractivity contribution in [1.82, 2.24) is 4.98 Å². The molecule has 1 heterocycles. The van der Waals surface area contributed by atoms with Crippen LogP contribution in [0.25, 0.3) is 10.2 Å². The molecule has 0 aliphatic heterocycles. The van der Waals surface area contributed by atoms with Crippen molar-refractivity contribution in [3.8, 4) is 0 Å². The van der Waals surface area contributed by atoms with Gasteiger partial charge >= 0.3 is 0 Å². The summed E-state index contributed by atoms with van der Waals surface area (Å²) in [4.78, 5) is 4.60. The van der Waals surface area contributed by atoms with Crippen molar-refractivity contribution < 1.29 is 0 Å². The topological polar surface area (TPSA) is 50.9 Å². The summed E-state index contributed by atoms with van der Waals surface area (Å²) >= 11 is 1.59. The molecular weight excluding hydrogens is 266 g/mol. The first-order valence-electron chi connectivity index (χ1n) is 6.54. The number of aromatic nitrogens is 1. The summed E-state index contributed by atoms with van der Waals surface area (Å²) in [6, 6.07) is 10.2. The van der Waals surface area contributed by atoms with Gasteiger partial charge in [-0.2, -0.15) is 0 Å². The molecule has 0 spiro atoms. The quantitative estimate of drug-likeness (QED) is 0.678. The van der Waals surface area contributed by atoms with Gasteiger partial charge in [-0.05, 0) is 44.0 Å². The van der Waals surface area contributed by atoms with Crippen LogP contribution in [-0.4, -0.2) is 4.98 Å². The van der Waals surface area contributed by atoms with E-state index in [1.54, 1.807) is 11.3 Å². The Morgan fingerprint density at radius 1 is 1.10 bits per heavy atom. The highest BCUT2D eigenvalue weighted by Gasteiger charge is 2.09. The van der Waals surface area contributed by atoms with Gasteiger partial charge in [0, 0.05) is 5.69 Å². The SMILES string of the molecule is Cc1cc(C)c(Nc2nc3cccc(N)c3s2)c(C)c1. The monoisotopic (exact) mass is 283 g/mol. The molecule has 0 saturated heterocycles. The largest absolute Gasteiger partial charge is 0.398 e.